The summed E-state index contributed by atoms with van der Waals surface area (Å²) in [7, 11) is 0. The summed E-state index contributed by atoms with van der Waals surface area (Å²) in [5.74, 6) is -0.302. The van der Waals surface area contributed by atoms with Gasteiger partial charge in [-0.3, -0.25) is 0 Å². The van der Waals surface area contributed by atoms with Crippen molar-refractivity contribution in [3.63, 3.8) is 0 Å². The number of nitrogens with zero attached hydrogens (tertiary/aromatic N) is 1. The first-order chi connectivity index (χ1) is 9.63. The Morgan fingerprint density at radius 1 is 1.35 bits per heavy atom. The Hall–Kier alpha value is -1.20. The maximum Gasteiger partial charge on any atom is 0.124 e. The van der Waals surface area contributed by atoms with Crippen LogP contribution in [0.15, 0.2) is 18.2 Å². The van der Waals surface area contributed by atoms with Crippen LogP contribution in [0.3, 0.4) is 0 Å². The number of anilines is 1. The molecule has 0 aliphatic carbocycles. The molecule has 2 saturated heterocycles. The number of nitrogens with two attached hydrogens (primary N) is 1. The number of piperidine rings is 1. The minimum absolute atomic E-state index is 0.241. The molecule has 2 atom stereocenters. The zero-order valence-corrected chi connectivity index (χ0v) is 12.3. The second kappa shape index (κ2) is 5.66. The first kappa shape index (κ1) is 13.8. The van der Waals surface area contributed by atoms with Gasteiger partial charge in [0.15, 0.2) is 0 Å². The maximum atomic E-state index is 13.3. The van der Waals surface area contributed by atoms with Crippen molar-refractivity contribution in [3.05, 3.63) is 29.6 Å². The van der Waals surface area contributed by atoms with E-state index in [9.17, 15) is 4.39 Å². The van der Waals surface area contributed by atoms with Crippen LogP contribution in [0.5, 0.6) is 0 Å². The molecular formula is C15H20FN3S. The fraction of sp³-hybridized carbons (Fsp3) is 0.533. The third-order valence-corrected chi connectivity index (χ3v) is 4.65. The summed E-state index contributed by atoms with van der Waals surface area (Å²) >= 11 is 5.01. The van der Waals surface area contributed by atoms with Gasteiger partial charge in [0.05, 0.1) is 0 Å². The summed E-state index contributed by atoms with van der Waals surface area (Å²) in [5.41, 5.74) is 7.15. The second-order valence-electron chi connectivity index (χ2n) is 5.75. The highest BCUT2D eigenvalue weighted by molar-refractivity contribution is 7.80. The van der Waals surface area contributed by atoms with E-state index in [1.807, 2.05) is 0 Å². The van der Waals surface area contributed by atoms with E-state index < -0.39 is 0 Å². The molecule has 5 heteroatoms. The lowest BCUT2D eigenvalue weighted by Crippen LogP contribution is -2.43. The van der Waals surface area contributed by atoms with E-state index in [1.54, 1.807) is 6.07 Å². The molecule has 0 radical (unpaired) electrons. The van der Waals surface area contributed by atoms with Gasteiger partial charge in [-0.25, -0.2) is 4.39 Å². The summed E-state index contributed by atoms with van der Waals surface area (Å²) in [4.78, 5) is 2.82. The lowest BCUT2D eigenvalue weighted by atomic mass is 9.97. The van der Waals surface area contributed by atoms with Gasteiger partial charge in [-0.1, -0.05) is 12.2 Å². The van der Waals surface area contributed by atoms with Crippen LogP contribution in [-0.2, 0) is 0 Å². The predicted molar refractivity (Wildman–Crippen MR) is 83.5 cm³/mol. The molecule has 0 amide bonds. The monoisotopic (exact) mass is 293 g/mol. The van der Waals surface area contributed by atoms with Crippen LogP contribution < -0.4 is 11.1 Å². The lowest BCUT2D eigenvalue weighted by molar-refractivity contribution is 0.188. The summed E-state index contributed by atoms with van der Waals surface area (Å²) in [5, 5.41) is 3.51. The minimum Gasteiger partial charge on any atom is -0.389 e. The first-order valence-corrected chi connectivity index (χ1v) is 7.64. The molecule has 108 valence electrons. The number of hydrogen-bond acceptors (Lipinski definition) is 3. The van der Waals surface area contributed by atoms with Crippen LogP contribution in [0, 0.1) is 5.82 Å². The molecule has 2 aliphatic heterocycles. The van der Waals surface area contributed by atoms with Crippen molar-refractivity contribution in [1.29, 1.82) is 0 Å². The molecule has 20 heavy (non-hydrogen) atoms. The number of thiocarbonyl (C=S) groups is 1. The molecule has 2 heterocycles. The Labute approximate surface area is 124 Å². The van der Waals surface area contributed by atoms with Crippen LogP contribution in [0.1, 0.15) is 31.2 Å². The molecule has 0 spiro atoms. The smallest absolute Gasteiger partial charge is 0.124 e. The average molecular weight is 293 g/mol. The fourth-order valence-corrected chi connectivity index (χ4v) is 3.59. The number of hydrogen-bond donors (Lipinski definition) is 2. The molecule has 1 aromatic rings. The predicted octanol–water partition coefficient (Wildman–Crippen LogP) is 2.50. The van der Waals surface area contributed by atoms with Crippen molar-refractivity contribution >= 4 is 22.9 Å². The van der Waals surface area contributed by atoms with E-state index in [1.165, 1.54) is 31.5 Å². The van der Waals surface area contributed by atoms with Gasteiger partial charge in [-0.15, -0.1) is 0 Å². The highest BCUT2D eigenvalue weighted by Crippen LogP contribution is 2.29. The zero-order chi connectivity index (χ0) is 14.1. The van der Waals surface area contributed by atoms with E-state index >= 15 is 0 Å². The largest absolute Gasteiger partial charge is 0.389 e. The molecule has 0 saturated carbocycles. The van der Waals surface area contributed by atoms with Crippen molar-refractivity contribution in [1.82, 2.24) is 4.90 Å². The molecule has 3 N–H and O–H groups in total. The van der Waals surface area contributed by atoms with Crippen molar-refractivity contribution in [3.8, 4) is 0 Å². The standard InChI is InChI=1S/C15H20FN3S/c16-10-3-4-14(13(8-10)15(17)20)18-11-5-7-19-6-1-2-12(19)9-11/h3-4,8,11-12,18H,1-2,5-7,9H2,(H2,17,20). The van der Waals surface area contributed by atoms with Crippen LogP contribution in [0.4, 0.5) is 10.1 Å². The normalized spacial score (nSPS) is 26.2. The van der Waals surface area contributed by atoms with Crippen LogP contribution in [-0.4, -0.2) is 35.1 Å². The highest BCUT2D eigenvalue weighted by atomic mass is 32.1. The van der Waals surface area contributed by atoms with Crippen LogP contribution >= 0.6 is 12.2 Å². The summed E-state index contributed by atoms with van der Waals surface area (Å²) < 4.78 is 13.3. The highest BCUT2D eigenvalue weighted by Gasteiger charge is 2.31. The van der Waals surface area contributed by atoms with Gasteiger partial charge in [0, 0.05) is 29.9 Å². The van der Waals surface area contributed by atoms with E-state index in [4.69, 9.17) is 18.0 Å². The zero-order valence-electron chi connectivity index (χ0n) is 11.4. The van der Waals surface area contributed by atoms with E-state index in [2.05, 4.69) is 10.2 Å². The number of halogens is 1. The number of nitrogens with one attached hydrogen (secondary N) is 1. The maximum absolute atomic E-state index is 13.3. The third kappa shape index (κ3) is 2.79. The molecule has 2 aliphatic rings. The Morgan fingerprint density at radius 2 is 2.20 bits per heavy atom. The molecule has 0 bridgehead atoms. The number of rotatable bonds is 3. The summed E-state index contributed by atoms with van der Waals surface area (Å²) in [6, 6.07) is 5.73. The Kier molecular flexibility index (Phi) is 3.89. The first-order valence-electron chi connectivity index (χ1n) is 7.23. The van der Waals surface area contributed by atoms with Gasteiger partial charge in [0.25, 0.3) is 0 Å². The SMILES string of the molecule is NC(=S)c1cc(F)ccc1NC1CCN2CCCC2C1. The quantitative estimate of drug-likeness (QED) is 0.840. The molecular weight excluding hydrogens is 273 g/mol. The molecule has 1 aromatic carbocycles. The molecule has 3 nitrogen and oxygen atoms in total. The van der Waals surface area contributed by atoms with E-state index in [-0.39, 0.29) is 10.8 Å². The summed E-state index contributed by atoms with van der Waals surface area (Å²) in [6.07, 6.45) is 4.87. The number of benzene rings is 1. The van der Waals surface area contributed by atoms with Crippen molar-refractivity contribution < 1.29 is 4.39 Å². The van der Waals surface area contributed by atoms with Gasteiger partial charge in [-0.05, 0) is 50.4 Å². The van der Waals surface area contributed by atoms with Gasteiger partial charge in [-0.2, -0.15) is 0 Å². The third-order valence-electron chi connectivity index (χ3n) is 4.43. The van der Waals surface area contributed by atoms with Gasteiger partial charge in [0.2, 0.25) is 0 Å². The van der Waals surface area contributed by atoms with E-state index in [0.717, 1.165) is 25.1 Å². The van der Waals surface area contributed by atoms with E-state index in [0.29, 0.717) is 17.6 Å². The second-order valence-corrected chi connectivity index (χ2v) is 6.19. The fourth-order valence-electron chi connectivity index (χ4n) is 3.42. The molecule has 3 rings (SSSR count). The summed E-state index contributed by atoms with van der Waals surface area (Å²) in [6.45, 7) is 2.39. The molecule has 2 fully saturated rings. The van der Waals surface area contributed by atoms with Crippen LogP contribution in [0.2, 0.25) is 0 Å². The Morgan fingerprint density at radius 3 is 3.00 bits per heavy atom. The molecule has 0 aromatic heterocycles. The van der Waals surface area contributed by atoms with Crippen molar-refractivity contribution in [2.45, 2.75) is 37.8 Å². The van der Waals surface area contributed by atoms with Gasteiger partial charge >= 0.3 is 0 Å². The topological polar surface area (TPSA) is 41.3 Å². The van der Waals surface area contributed by atoms with Crippen molar-refractivity contribution in [2.75, 3.05) is 18.4 Å². The van der Waals surface area contributed by atoms with Crippen LogP contribution in [0.25, 0.3) is 0 Å². The average Bonchev–Trinajstić information content (AvgIpc) is 2.88. The van der Waals surface area contributed by atoms with Crippen molar-refractivity contribution in [2.24, 2.45) is 5.73 Å². The van der Waals surface area contributed by atoms with Gasteiger partial charge in [0.1, 0.15) is 10.8 Å². The van der Waals surface area contributed by atoms with Gasteiger partial charge < -0.3 is 16.0 Å². The Bertz CT molecular complexity index is 520. The minimum atomic E-state index is -0.302. The number of fused-ring (bicyclic) bond motifs is 1. The molecule has 2 unspecified atom stereocenters. The Balaban J connectivity index is 1.73. The lowest BCUT2D eigenvalue weighted by Gasteiger charge is -2.35.